The van der Waals surface area contributed by atoms with Gasteiger partial charge in [-0.2, -0.15) is 4.31 Å². The highest BCUT2D eigenvalue weighted by atomic mass is 32.2. The highest BCUT2D eigenvalue weighted by Crippen LogP contribution is 2.18. The van der Waals surface area contributed by atoms with E-state index in [-0.39, 0.29) is 11.8 Å². The molecule has 5 heteroatoms. The van der Waals surface area contributed by atoms with Crippen LogP contribution in [0.25, 0.3) is 0 Å². The van der Waals surface area contributed by atoms with E-state index in [9.17, 15) is 13.5 Å². The monoisotopic (exact) mass is 193 g/mol. The van der Waals surface area contributed by atoms with Gasteiger partial charge in [-0.1, -0.05) is 0 Å². The Bertz CT molecular complexity index is 247. The van der Waals surface area contributed by atoms with Gasteiger partial charge < -0.3 is 5.11 Å². The first-order valence-corrected chi connectivity index (χ1v) is 5.73. The van der Waals surface area contributed by atoms with E-state index in [0.717, 1.165) is 0 Å². The molecule has 1 N–H and O–H groups in total. The van der Waals surface area contributed by atoms with E-state index in [4.69, 9.17) is 0 Å². The van der Waals surface area contributed by atoms with Gasteiger partial charge in [0.25, 0.3) is 0 Å². The molecule has 0 bridgehead atoms. The third-order valence-corrected chi connectivity index (χ3v) is 4.32. The van der Waals surface area contributed by atoms with Crippen molar-refractivity contribution in [3.05, 3.63) is 0 Å². The van der Waals surface area contributed by atoms with Crippen LogP contribution >= 0.6 is 0 Å². The summed E-state index contributed by atoms with van der Waals surface area (Å²) in [4.78, 5) is 0. The van der Waals surface area contributed by atoms with Crippen LogP contribution in [-0.2, 0) is 10.0 Å². The molecule has 0 saturated carbocycles. The summed E-state index contributed by atoms with van der Waals surface area (Å²) in [6, 6.07) is -0.294. The zero-order valence-corrected chi connectivity index (χ0v) is 8.21. The number of sulfonamides is 1. The second-order valence-electron chi connectivity index (χ2n) is 3.26. The Morgan fingerprint density at radius 1 is 1.42 bits per heavy atom. The molecule has 1 heterocycles. The molecule has 72 valence electrons. The summed E-state index contributed by atoms with van der Waals surface area (Å²) in [6.07, 6.45) is 0.0808. The molecule has 12 heavy (non-hydrogen) atoms. The van der Waals surface area contributed by atoms with Crippen molar-refractivity contribution >= 4 is 10.0 Å². The van der Waals surface area contributed by atoms with Crippen LogP contribution in [0.15, 0.2) is 0 Å². The normalized spacial score (nSPS) is 28.6. The van der Waals surface area contributed by atoms with Crippen molar-refractivity contribution in [3.8, 4) is 0 Å². The lowest BCUT2D eigenvalue weighted by Gasteiger charge is -2.24. The first-order valence-electron chi connectivity index (χ1n) is 4.13. The third kappa shape index (κ3) is 1.78. The first kappa shape index (κ1) is 9.95. The summed E-state index contributed by atoms with van der Waals surface area (Å²) < 4.78 is 24.0. The van der Waals surface area contributed by atoms with Crippen LogP contribution in [0.2, 0.25) is 0 Å². The largest absolute Gasteiger partial charge is 0.392 e. The highest BCUT2D eigenvalue weighted by Gasteiger charge is 2.33. The van der Waals surface area contributed by atoms with Gasteiger partial charge in [-0.25, -0.2) is 8.42 Å². The molecule has 0 spiro atoms. The van der Waals surface area contributed by atoms with E-state index in [2.05, 4.69) is 0 Å². The van der Waals surface area contributed by atoms with Crippen LogP contribution < -0.4 is 0 Å². The van der Waals surface area contributed by atoms with E-state index in [1.165, 1.54) is 4.31 Å². The molecule has 1 aliphatic heterocycles. The quantitative estimate of drug-likeness (QED) is 0.660. The number of aliphatic hydroxyl groups excluding tert-OH is 1. The maximum Gasteiger partial charge on any atom is 0.214 e. The van der Waals surface area contributed by atoms with Gasteiger partial charge >= 0.3 is 0 Å². The molecule has 1 saturated heterocycles. The Labute approximate surface area is 73.2 Å². The smallest absolute Gasteiger partial charge is 0.214 e. The average molecular weight is 193 g/mol. The van der Waals surface area contributed by atoms with Crippen LogP contribution in [0.1, 0.15) is 20.3 Å². The molecule has 0 amide bonds. The second-order valence-corrected chi connectivity index (χ2v) is 5.30. The zero-order chi connectivity index (χ0) is 9.35. The number of hydrogen-bond acceptors (Lipinski definition) is 3. The Morgan fingerprint density at radius 3 is 2.33 bits per heavy atom. The molecule has 1 aliphatic rings. The molecule has 2 unspecified atom stereocenters. The maximum absolute atomic E-state index is 11.3. The number of rotatable bonds is 2. The van der Waals surface area contributed by atoms with Gasteiger partial charge in [0, 0.05) is 12.6 Å². The number of hydrogen-bond donors (Lipinski definition) is 1. The Balaban J connectivity index is 2.76. The molecule has 2 atom stereocenters. The fraction of sp³-hybridized carbons (Fsp3) is 1.00. The molecule has 1 fully saturated rings. The van der Waals surface area contributed by atoms with Gasteiger partial charge in [-0.3, -0.25) is 0 Å². The van der Waals surface area contributed by atoms with Crippen molar-refractivity contribution in [2.24, 2.45) is 0 Å². The van der Waals surface area contributed by atoms with Gasteiger partial charge in [0.2, 0.25) is 10.0 Å². The van der Waals surface area contributed by atoms with Gasteiger partial charge in [0.15, 0.2) is 0 Å². The van der Waals surface area contributed by atoms with Crippen LogP contribution in [0.3, 0.4) is 0 Å². The van der Waals surface area contributed by atoms with Crippen LogP contribution in [0, 0.1) is 0 Å². The molecule has 0 aromatic rings. The standard InChI is InChI=1S/C7H15NO3S/c1-6(7(2)9)8-4-3-5-12(8,10)11/h6-7,9H,3-5H2,1-2H3. The fourth-order valence-corrected chi connectivity index (χ4v) is 3.18. The van der Waals surface area contributed by atoms with Crippen LogP contribution in [0.4, 0.5) is 0 Å². The lowest BCUT2D eigenvalue weighted by molar-refractivity contribution is 0.118. The summed E-state index contributed by atoms with van der Waals surface area (Å²) in [6.45, 7) is 3.89. The van der Waals surface area contributed by atoms with Gasteiger partial charge in [-0.05, 0) is 20.3 Å². The summed E-state index contributed by atoms with van der Waals surface area (Å²) >= 11 is 0. The van der Waals surface area contributed by atoms with Gasteiger partial charge in [0.1, 0.15) is 0 Å². The lowest BCUT2D eigenvalue weighted by Crippen LogP contribution is -2.41. The Kier molecular flexibility index (Phi) is 2.75. The number of nitrogens with zero attached hydrogens (tertiary/aromatic N) is 1. The van der Waals surface area contributed by atoms with Crippen molar-refractivity contribution < 1.29 is 13.5 Å². The van der Waals surface area contributed by atoms with E-state index in [0.29, 0.717) is 13.0 Å². The van der Waals surface area contributed by atoms with Crippen molar-refractivity contribution in [2.75, 3.05) is 12.3 Å². The molecule has 0 aromatic heterocycles. The minimum Gasteiger partial charge on any atom is -0.392 e. The molecule has 4 nitrogen and oxygen atoms in total. The summed E-state index contributed by atoms with van der Waals surface area (Å²) in [7, 11) is -3.06. The Hall–Kier alpha value is -0.130. The fourth-order valence-electron chi connectivity index (χ4n) is 1.36. The van der Waals surface area contributed by atoms with E-state index >= 15 is 0 Å². The van der Waals surface area contributed by atoms with E-state index in [1.54, 1.807) is 13.8 Å². The molecule has 0 aliphatic carbocycles. The predicted octanol–water partition coefficient (Wildman–Crippen LogP) is -0.209. The van der Waals surface area contributed by atoms with E-state index in [1.807, 2.05) is 0 Å². The SMILES string of the molecule is CC(O)C(C)N1CCCS1(=O)=O. The molecule has 1 rings (SSSR count). The third-order valence-electron chi connectivity index (χ3n) is 2.29. The van der Waals surface area contributed by atoms with Gasteiger partial charge in [0.05, 0.1) is 11.9 Å². The topological polar surface area (TPSA) is 57.6 Å². The summed E-state index contributed by atoms with van der Waals surface area (Å²) in [5.74, 6) is 0.226. The summed E-state index contributed by atoms with van der Waals surface area (Å²) in [5, 5.41) is 9.21. The molecular formula is C7H15NO3S. The second kappa shape index (κ2) is 3.32. The minimum absolute atomic E-state index is 0.226. The molecule has 0 aromatic carbocycles. The predicted molar refractivity (Wildman–Crippen MR) is 46.3 cm³/mol. The van der Waals surface area contributed by atoms with Crippen LogP contribution in [0.5, 0.6) is 0 Å². The molecule has 0 radical (unpaired) electrons. The molecular weight excluding hydrogens is 178 g/mol. The summed E-state index contributed by atoms with van der Waals surface area (Å²) in [5.41, 5.74) is 0. The van der Waals surface area contributed by atoms with Gasteiger partial charge in [-0.15, -0.1) is 0 Å². The lowest BCUT2D eigenvalue weighted by atomic mass is 10.2. The zero-order valence-electron chi connectivity index (χ0n) is 7.40. The van der Waals surface area contributed by atoms with Crippen molar-refractivity contribution in [1.29, 1.82) is 0 Å². The first-order chi connectivity index (χ1) is 5.45. The van der Waals surface area contributed by atoms with E-state index < -0.39 is 16.1 Å². The van der Waals surface area contributed by atoms with Crippen molar-refractivity contribution in [1.82, 2.24) is 4.31 Å². The average Bonchev–Trinajstić information content (AvgIpc) is 2.27. The minimum atomic E-state index is -3.06. The maximum atomic E-state index is 11.3. The number of aliphatic hydroxyl groups is 1. The van der Waals surface area contributed by atoms with Crippen molar-refractivity contribution in [3.63, 3.8) is 0 Å². The highest BCUT2D eigenvalue weighted by molar-refractivity contribution is 7.89. The van der Waals surface area contributed by atoms with Crippen molar-refractivity contribution in [2.45, 2.75) is 32.4 Å². The Morgan fingerprint density at radius 2 is 2.00 bits per heavy atom. The van der Waals surface area contributed by atoms with Crippen LogP contribution in [-0.4, -0.2) is 42.3 Å².